The minimum absolute atomic E-state index is 0.0559. The molecule has 0 aliphatic heterocycles. The molecule has 130 valence electrons. The summed E-state index contributed by atoms with van der Waals surface area (Å²) in [5.41, 5.74) is 0.324. The van der Waals surface area contributed by atoms with Gasteiger partial charge in [-0.2, -0.15) is 0 Å². The Bertz CT molecular complexity index is 739. The van der Waals surface area contributed by atoms with E-state index in [2.05, 4.69) is 0 Å². The molecule has 0 spiro atoms. The summed E-state index contributed by atoms with van der Waals surface area (Å²) in [5.74, 6) is -0.412. The van der Waals surface area contributed by atoms with Crippen LogP contribution in [0.25, 0.3) is 10.1 Å². The first kappa shape index (κ1) is 18.6. The molecule has 1 atom stereocenters. The molecule has 2 rings (SSSR count). The number of ether oxygens (including phenoxy) is 1. The summed E-state index contributed by atoms with van der Waals surface area (Å²) < 4.78 is 6.22. The van der Waals surface area contributed by atoms with Crippen molar-refractivity contribution < 1.29 is 19.4 Å². The van der Waals surface area contributed by atoms with Crippen LogP contribution in [0, 0.1) is 0 Å². The summed E-state index contributed by atoms with van der Waals surface area (Å²) in [5, 5.41) is 10.9. The van der Waals surface area contributed by atoms with Crippen LogP contribution in [0.5, 0.6) is 0 Å². The zero-order chi connectivity index (χ0) is 17.9. The number of Topliss-reactive ketones (excluding diaryl/α,β-unsaturated/α-hetero) is 1. The molecular weight excluding hydrogens is 324 g/mol. The van der Waals surface area contributed by atoms with E-state index in [1.165, 1.54) is 11.3 Å². The summed E-state index contributed by atoms with van der Waals surface area (Å²) in [7, 11) is 0. The molecule has 5 heteroatoms. The van der Waals surface area contributed by atoms with Gasteiger partial charge in [0.25, 0.3) is 0 Å². The number of hydrogen-bond donors (Lipinski definition) is 1. The van der Waals surface area contributed by atoms with Crippen LogP contribution in [0.4, 0.5) is 0 Å². The molecule has 1 heterocycles. The van der Waals surface area contributed by atoms with Crippen molar-refractivity contribution in [2.24, 2.45) is 0 Å². The summed E-state index contributed by atoms with van der Waals surface area (Å²) in [4.78, 5) is 24.7. The van der Waals surface area contributed by atoms with Crippen molar-refractivity contribution in [1.29, 1.82) is 0 Å². The van der Waals surface area contributed by atoms with Crippen LogP contribution < -0.4 is 0 Å². The van der Waals surface area contributed by atoms with E-state index >= 15 is 0 Å². The van der Waals surface area contributed by atoms with Gasteiger partial charge in [0.1, 0.15) is 5.60 Å². The predicted molar refractivity (Wildman–Crippen MR) is 96.5 cm³/mol. The number of rotatable bonds is 6. The van der Waals surface area contributed by atoms with E-state index in [1.807, 2.05) is 31.2 Å². The number of carbonyl (C=O) groups is 2. The van der Waals surface area contributed by atoms with Gasteiger partial charge in [-0.3, -0.25) is 9.59 Å². The second-order valence-electron chi connectivity index (χ2n) is 6.84. The number of aliphatic hydroxyl groups excluding tert-OH is 1. The number of thiophene rings is 1. The molecule has 1 aromatic carbocycles. The smallest absolute Gasteiger partial charge is 0.306 e. The third kappa shape index (κ3) is 4.89. The monoisotopic (exact) mass is 348 g/mol. The normalized spacial score (nSPS) is 13.0. The highest BCUT2D eigenvalue weighted by atomic mass is 32.1. The fraction of sp³-hybridized carbons (Fsp3) is 0.474. The van der Waals surface area contributed by atoms with Gasteiger partial charge < -0.3 is 9.84 Å². The summed E-state index contributed by atoms with van der Waals surface area (Å²) >= 11 is 1.41. The molecule has 0 saturated carbocycles. The zero-order valence-corrected chi connectivity index (χ0v) is 15.4. The Morgan fingerprint density at radius 3 is 2.54 bits per heavy atom. The summed E-state index contributed by atoms with van der Waals surface area (Å²) in [6.07, 6.45) is 0.397. The molecule has 1 unspecified atom stereocenters. The Morgan fingerprint density at radius 1 is 1.21 bits per heavy atom. The predicted octanol–water partition coefficient (Wildman–Crippen LogP) is 4.65. The van der Waals surface area contributed by atoms with Crippen LogP contribution in [-0.4, -0.2) is 22.5 Å². The van der Waals surface area contributed by atoms with Gasteiger partial charge in [-0.15, -0.1) is 11.3 Å². The number of carbonyl (C=O) groups excluding carboxylic acids is 2. The van der Waals surface area contributed by atoms with Crippen LogP contribution in [0.3, 0.4) is 0 Å². The molecule has 0 saturated heterocycles. The Hall–Kier alpha value is -1.72. The van der Waals surface area contributed by atoms with E-state index in [9.17, 15) is 14.7 Å². The lowest BCUT2D eigenvalue weighted by Gasteiger charge is -2.19. The molecule has 0 amide bonds. The van der Waals surface area contributed by atoms with Crippen molar-refractivity contribution in [2.45, 2.75) is 58.7 Å². The lowest BCUT2D eigenvalue weighted by Crippen LogP contribution is -2.24. The van der Waals surface area contributed by atoms with Crippen molar-refractivity contribution in [3.63, 3.8) is 0 Å². The maximum Gasteiger partial charge on any atom is 0.306 e. The molecule has 1 aromatic heterocycles. The van der Waals surface area contributed by atoms with Gasteiger partial charge in [0.2, 0.25) is 0 Å². The number of fused-ring (bicyclic) bond motifs is 1. The van der Waals surface area contributed by atoms with Gasteiger partial charge in [-0.05, 0) is 56.3 Å². The SMILES string of the molecule is CCC(O)c1ccc2sc(C(=O)CCC(=O)OC(C)(C)C)cc2c1. The molecule has 0 radical (unpaired) electrons. The molecular formula is C19H24O4S. The summed E-state index contributed by atoms with van der Waals surface area (Å²) in [6, 6.07) is 7.58. The third-order valence-electron chi connectivity index (χ3n) is 3.56. The Morgan fingerprint density at radius 2 is 1.92 bits per heavy atom. The standard InChI is InChI=1S/C19H24O4S/c1-5-14(20)12-6-8-16-13(10-12)11-17(24-16)15(21)7-9-18(22)23-19(2,3)4/h6,8,10-11,14,20H,5,7,9H2,1-4H3. The highest BCUT2D eigenvalue weighted by molar-refractivity contribution is 7.20. The van der Waals surface area contributed by atoms with Crippen LogP contribution in [0.2, 0.25) is 0 Å². The first-order valence-electron chi connectivity index (χ1n) is 8.16. The number of ketones is 1. The van der Waals surface area contributed by atoms with Gasteiger partial charge >= 0.3 is 5.97 Å². The lowest BCUT2D eigenvalue weighted by atomic mass is 10.1. The van der Waals surface area contributed by atoms with E-state index in [-0.39, 0.29) is 24.6 Å². The minimum atomic E-state index is -0.533. The molecule has 2 aromatic rings. The molecule has 0 bridgehead atoms. The number of hydrogen-bond acceptors (Lipinski definition) is 5. The van der Waals surface area contributed by atoms with Crippen molar-refractivity contribution in [2.75, 3.05) is 0 Å². The van der Waals surface area contributed by atoms with Crippen molar-refractivity contribution in [3.05, 3.63) is 34.7 Å². The van der Waals surface area contributed by atoms with Gasteiger partial charge in [-0.25, -0.2) is 0 Å². The molecule has 24 heavy (non-hydrogen) atoms. The molecule has 1 N–H and O–H groups in total. The van der Waals surface area contributed by atoms with E-state index in [4.69, 9.17) is 4.74 Å². The van der Waals surface area contributed by atoms with E-state index < -0.39 is 11.7 Å². The topological polar surface area (TPSA) is 63.6 Å². The quantitative estimate of drug-likeness (QED) is 0.610. The first-order valence-corrected chi connectivity index (χ1v) is 8.98. The number of benzene rings is 1. The first-order chi connectivity index (χ1) is 11.2. The van der Waals surface area contributed by atoms with E-state index in [0.29, 0.717) is 11.3 Å². The lowest BCUT2D eigenvalue weighted by molar-refractivity contribution is -0.154. The van der Waals surface area contributed by atoms with Crippen LogP contribution in [-0.2, 0) is 9.53 Å². The molecule has 0 aliphatic carbocycles. The summed E-state index contributed by atoms with van der Waals surface area (Å²) in [6.45, 7) is 7.34. The Labute approximate surface area is 146 Å². The van der Waals surface area contributed by atoms with Crippen LogP contribution in [0.1, 0.15) is 68.3 Å². The highest BCUT2D eigenvalue weighted by Gasteiger charge is 2.18. The van der Waals surface area contributed by atoms with Crippen LogP contribution in [0.15, 0.2) is 24.3 Å². The minimum Gasteiger partial charge on any atom is -0.460 e. The average molecular weight is 348 g/mol. The Balaban J connectivity index is 2.06. The maximum absolute atomic E-state index is 12.3. The fourth-order valence-electron chi connectivity index (χ4n) is 2.37. The van der Waals surface area contributed by atoms with Gasteiger partial charge in [0, 0.05) is 11.1 Å². The van der Waals surface area contributed by atoms with Crippen molar-refractivity contribution >= 4 is 33.2 Å². The van der Waals surface area contributed by atoms with Crippen molar-refractivity contribution in [3.8, 4) is 0 Å². The van der Waals surface area contributed by atoms with Gasteiger partial charge in [-0.1, -0.05) is 13.0 Å². The largest absolute Gasteiger partial charge is 0.460 e. The molecule has 4 nitrogen and oxygen atoms in total. The van der Waals surface area contributed by atoms with E-state index in [0.717, 1.165) is 15.6 Å². The zero-order valence-electron chi connectivity index (χ0n) is 14.6. The molecule has 0 aliphatic rings. The Kier molecular flexibility index (Phi) is 5.78. The van der Waals surface area contributed by atoms with Crippen molar-refractivity contribution in [1.82, 2.24) is 0 Å². The molecule has 0 fully saturated rings. The average Bonchev–Trinajstić information content (AvgIpc) is 2.93. The van der Waals surface area contributed by atoms with Gasteiger partial charge in [0.15, 0.2) is 5.78 Å². The maximum atomic E-state index is 12.3. The second-order valence-corrected chi connectivity index (χ2v) is 7.93. The fourth-order valence-corrected chi connectivity index (χ4v) is 3.38. The highest BCUT2D eigenvalue weighted by Crippen LogP contribution is 2.30. The third-order valence-corrected chi connectivity index (χ3v) is 4.72. The second kappa shape index (κ2) is 7.45. The number of aliphatic hydroxyl groups is 1. The van der Waals surface area contributed by atoms with Crippen LogP contribution >= 0.6 is 11.3 Å². The van der Waals surface area contributed by atoms with Gasteiger partial charge in [0.05, 0.1) is 17.4 Å². The number of esters is 1. The van der Waals surface area contributed by atoms with E-state index in [1.54, 1.807) is 20.8 Å².